The molecule has 10 heteroatoms. The van der Waals surface area contributed by atoms with E-state index in [4.69, 9.17) is 9.47 Å². The summed E-state index contributed by atoms with van der Waals surface area (Å²) in [4.78, 5) is 19.9. The molecule has 0 bridgehead atoms. The Morgan fingerprint density at radius 3 is 2.32 bits per heavy atom. The van der Waals surface area contributed by atoms with E-state index in [1.165, 1.54) is 57.0 Å². The number of aromatic nitrogens is 2. The molecule has 0 fully saturated rings. The molecule has 3 aromatic rings. The van der Waals surface area contributed by atoms with Crippen LogP contribution in [0.1, 0.15) is 5.56 Å². The number of hydrogen-bond acceptors (Lipinski definition) is 7. The van der Waals surface area contributed by atoms with Crippen LogP contribution in [-0.2, 0) is 14.8 Å². The predicted octanol–water partition coefficient (Wildman–Crippen LogP) is 2.95. The van der Waals surface area contributed by atoms with Crippen LogP contribution in [0.5, 0.6) is 11.5 Å². The lowest BCUT2D eigenvalue weighted by Gasteiger charge is -2.10. The van der Waals surface area contributed by atoms with Crippen molar-refractivity contribution in [3.8, 4) is 11.5 Å². The fourth-order valence-electron chi connectivity index (χ4n) is 2.64. The van der Waals surface area contributed by atoms with Crippen molar-refractivity contribution in [2.24, 2.45) is 0 Å². The number of amides is 1. The number of nitrogens with one attached hydrogen (secondary N) is 2. The third-order valence-electron chi connectivity index (χ3n) is 4.07. The lowest BCUT2D eigenvalue weighted by atomic mass is 10.1. The molecule has 0 saturated heterocycles. The predicted molar refractivity (Wildman–Crippen MR) is 116 cm³/mol. The Bertz CT molecular complexity index is 1180. The Labute approximate surface area is 179 Å². The zero-order valence-electron chi connectivity index (χ0n) is 16.8. The molecule has 0 radical (unpaired) electrons. The third kappa shape index (κ3) is 5.58. The highest BCUT2D eigenvalue weighted by Crippen LogP contribution is 2.31. The van der Waals surface area contributed by atoms with Gasteiger partial charge in [0, 0.05) is 29.7 Å². The van der Waals surface area contributed by atoms with E-state index in [9.17, 15) is 13.2 Å². The molecule has 3 rings (SSSR count). The first-order valence-electron chi connectivity index (χ1n) is 9.03. The maximum Gasteiger partial charge on any atom is 0.264 e. The van der Waals surface area contributed by atoms with Crippen molar-refractivity contribution in [1.29, 1.82) is 0 Å². The van der Waals surface area contributed by atoms with Gasteiger partial charge in [-0.3, -0.25) is 4.79 Å². The summed E-state index contributed by atoms with van der Waals surface area (Å²) < 4.78 is 37.6. The number of hydrogen-bond donors (Lipinski definition) is 2. The summed E-state index contributed by atoms with van der Waals surface area (Å²) in [5, 5.41) is 2.67. The van der Waals surface area contributed by atoms with Gasteiger partial charge in [-0.1, -0.05) is 12.1 Å². The van der Waals surface area contributed by atoms with Crippen LogP contribution < -0.4 is 19.5 Å². The fourth-order valence-corrected chi connectivity index (χ4v) is 3.60. The van der Waals surface area contributed by atoms with Crippen LogP contribution in [0.4, 0.5) is 11.6 Å². The number of ether oxygens (including phenoxy) is 2. The fraction of sp³-hybridized carbons (Fsp3) is 0.0952. The number of nitrogens with zero attached hydrogens (tertiary/aromatic N) is 2. The molecule has 0 aliphatic rings. The van der Waals surface area contributed by atoms with Gasteiger partial charge in [-0.2, -0.15) is 0 Å². The van der Waals surface area contributed by atoms with Gasteiger partial charge in [-0.25, -0.2) is 23.1 Å². The Balaban J connectivity index is 1.67. The lowest BCUT2D eigenvalue weighted by Crippen LogP contribution is -2.15. The molecular formula is C21H20N4O5S. The highest BCUT2D eigenvalue weighted by molar-refractivity contribution is 7.92. The standard InChI is InChI=1S/C21H20N4O5S/c1-29-18-6-3-5-15(20(18)30-2)7-12-19(26)24-16-8-10-17(11-9-16)31(27,28)25-21-22-13-4-14-23-21/h3-14H,1-2H3,(H,24,26)(H,22,23,25). The Morgan fingerprint density at radius 2 is 1.68 bits per heavy atom. The molecule has 31 heavy (non-hydrogen) atoms. The van der Waals surface area contributed by atoms with Crippen molar-refractivity contribution >= 4 is 33.6 Å². The molecule has 1 heterocycles. The summed E-state index contributed by atoms with van der Waals surface area (Å²) in [6, 6.07) is 12.6. The van der Waals surface area contributed by atoms with Crippen LogP contribution in [0.25, 0.3) is 6.08 Å². The van der Waals surface area contributed by atoms with Gasteiger partial charge in [-0.15, -0.1) is 0 Å². The van der Waals surface area contributed by atoms with Crippen LogP contribution >= 0.6 is 0 Å². The maximum absolute atomic E-state index is 12.4. The monoisotopic (exact) mass is 440 g/mol. The van der Waals surface area contributed by atoms with Crippen molar-refractivity contribution in [1.82, 2.24) is 9.97 Å². The molecule has 0 aliphatic carbocycles. The number of carbonyl (C=O) groups is 1. The van der Waals surface area contributed by atoms with Gasteiger partial charge < -0.3 is 14.8 Å². The van der Waals surface area contributed by atoms with Gasteiger partial charge in [-0.05, 0) is 42.5 Å². The smallest absolute Gasteiger partial charge is 0.264 e. The Hall–Kier alpha value is -3.92. The normalized spacial score (nSPS) is 11.2. The summed E-state index contributed by atoms with van der Waals surface area (Å²) in [7, 11) is -0.797. The van der Waals surface area contributed by atoms with Gasteiger partial charge in [0.15, 0.2) is 11.5 Å². The second-order valence-corrected chi connectivity index (χ2v) is 7.79. The van der Waals surface area contributed by atoms with E-state index in [0.717, 1.165) is 0 Å². The van der Waals surface area contributed by atoms with Crippen molar-refractivity contribution in [2.75, 3.05) is 24.3 Å². The van der Waals surface area contributed by atoms with Crippen molar-refractivity contribution in [2.45, 2.75) is 4.90 Å². The zero-order chi connectivity index (χ0) is 22.3. The minimum absolute atomic E-state index is 0.00890. The molecular weight excluding hydrogens is 420 g/mol. The molecule has 0 saturated carbocycles. The van der Waals surface area contributed by atoms with Crippen LogP contribution in [0, 0.1) is 0 Å². The summed E-state index contributed by atoms with van der Waals surface area (Å²) in [5.41, 5.74) is 1.11. The molecule has 160 valence electrons. The number of para-hydroxylation sites is 1. The van der Waals surface area contributed by atoms with Crippen LogP contribution in [0.15, 0.2) is 71.9 Å². The lowest BCUT2D eigenvalue weighted by molar-refractivity contribution is -0.111. The number of rotatable bonds is 8. The molecule has 0 spiro atoms. The number of methoxy groups -OCH3 is 2. The highest BCUT2D eigenvalue weighted by atomic mass is 32.2. The first-order chi connectivity index (χ1) is 14.9. The topological polar surface area (TPSA) is 120 Å². The van der Waals surface area contributed by atoms with E-state index in [-0.39, 0.29) is 10.8 Å². The molecule has 2 N–H and O–H groups in total. The highest BCUT2D eigenvalue weighted by Gasteiger charge is 2.15. The third-order valence-corrected chi connectivity index (χ3v) is 5.42. The first-order valence-corrected chi connectivity index (χ1v) is 10.5. The van der Waals surface area contributed by atoms with E-state index in [2.05, 4.69) is 20.0 Å². The van der Waals surface area contributed by atoms with Gasteiger partial charge in [0.2, 0.25) is 11.9 Å². The van der Waals surface area contributed by atoms with Crippen molar-refractivity contribution in [3.63, 3.8) is 0 Å². The Morgan fingerprint density at radius 1 is 0.968 bits per heavy atom. The summed E-state index contributed by atoms with van der Waals surface area (Å²) in [6.45, 7) is 0. The first kappa shape index (κ1) is 21.8. The number of anilines is 2. The van der Waals surface area contributed by atoms with E-state index in [0.29, 0.717) is 22.7 Å². The van der Waals surface area contributed by atoms with Gasteiger partial charge in [0.05, 0.1) is 19.1 Å². The second-order valence-electron chi connectivity index (χ2n) is 6.11. The molecule has 0 unspecified atom stereocenters. The molecule has 0 atom stereocenters. The maximum atomic E-state index is 12.4. The van der Waals surface area contributed by atoms with Crippen LogP contribution in [0.2, 0.25) is 0 Å². The van der Waals surface area contributed by atoms with Crippen molar-refractivity contribution in [3.05, 3.63) is 72.6 Å². The van der Waals surface area contributed by atoms with Gasteiger partial charge in [0.25, 0.3) is 10.0 Å². The largest absolute Gasteiger partial charge is 0.493 e. The average molecular weight is 440 g/mol. The van der Waals surface area contributed by atoms with E-state index >= 15 is 0 Å². The minimum atomic E-state index is -3.85. The van der Waals surface area contributed by atoms with E-state index < -0.39 is 15.9 Å². The molecule has 2 aromatic carbocycles. The quantitative estimate of drug-likeness (QED) is 0.517. The molecule has 1 amide bonds. The van der Waals surface area contributed by atoms with E-state index in [1.54, 1.807) is 30.3 Å². The van der Waals surface area contributed by atoms with Crippen LogP contribution in [-0.4, -0.2) is 38.5 Å². The van der Waals surface area contributed by atoms with Crippen molar-refractivity contribution < 1.29 is 22.7 Å². The SMILES string of the molecule is COc1cccc(C=CC(=O)Nc2ccc(S(=O)(=O)Nc3ncccn3)cc2)c1OC. The number of sulfonamides is 1. The summed E-state index contributed by atoms with van der Waals surface area (Å²) in [6.07, 6.45) is 5.80. The summed E-state index contributed by atoms with van der Waals surface area (Å²) >= 11 is 0. The number of benzene rings is 2. The Kier molecular flexibility index (Phi) is 6.83. The average Bonchev–Trinajstić information content (AvgIpc) is 2.78. The second kappa shape index (κ2) is 9.72. The zero-order valence-corrected chi connectivity index (χ0v) is 17.6. The molecule has 1 aromatic heterocycles. The minimum Gasteiger partial charge on any atom is -0.493 e. The van der Waals surface area contributed by atoms with Gasteiger partial charge in [0.1, 0.15) is 0 Å². The van der Waals surface area contributed by atoms with Crippen LogP contribution in [0.3, 0.4) is 0 Å². The summed E-state index contributed by atoms with van der Waals surface area (Å²) in [5.74, 6) is 0.643. The number of carbonyl (C=O) groups excluding carboxylic acids is 1. The molecule has 9 nitrogen and oxygen atoms in total. The van der Waals surface area contributed by atoms with Gasteiger partial charge >= 0.3 is 0 Å². The molecule has 0 aliphatic heterocycles. The van der Waals surface area contributed by atoms with E-state index in [1.807, 2.05) is 0 Å².